The lowest BCUT2D eigenvalue weighted by atomic mass is 9.84. The molecule has 1 fully saturated rings. The van der Waals surface area contributed by atoms with Gasteiger partial charge in [0.05, 0.1) is 5.69 Å². The Morgan fingerprint density at radius 3 is 2.55 bits per heavy atom. The van der Waals surface area contributed by atoms with Crippen molar-refractivity contribution in [2.24, 2.45) is 13.0 Å². The Bertz CT molecular complexity index is 846. The summed E-state index contributed by atoms with van der Waals surface area (Å²) in [4.78, 5) is 17.3. The smallest absolute Gasteiger partial charge is 0.223 e. The number of hydrogen-bond donors (Lipinski definition) is 0. The molecule has 0 N–H and O–H groups in total. The number of likely N-dealkylation sites (tertiary alicyclic amines) is 1. The van der Waals surface area contributed by atoms with Gasteiger partial charge in [0.1, 0.15) is 5.82 Å². The van der Waals surface area contributed by atoms with E-state index in [0.29, 0.717) is 12.3 Å². The van der Waals surface area contributed by atoms with Crippen molar-refractivity contribution < 1.29 is 9.18 Å². The number of thioether (sulfide) groups is 1. The molecule has 1 atom stereocenters. The van der Waals surface area contributed by atoms with Gasteiger partial charge in [-0.1, -0.05) is 12.1 Å². The van der Waals surface area contributed by atoms with Gasteiger partial charge in [0.15, 0.2) is 0 Å². The Labute approximate surface area is 190 Å². The number of amides is 1. The lowest BCUT2D eigenvalue weighted by molar-refractivity contribution is -0.133. The lowest BCUT2D eigenvalue weighted by Crippen LogP contribution is -2.47. The first-order chi connectivity index (χ1) is 14.9. The van der Waals surface area contributed by atoms with Crippen molar-refractivity contribution in [1.29, 1.82) is 0 Å². The third kappa shape index (κ3) is 6.56. The van der Waals surface area contributed by atoms with Crippen LogP contribution in [0.25, 0.3) is 0 Å². The monoisotopic (exact) mass is 446 g/mol. The second kappa shape index (κ2) is 11.1. The number of carbonyl (C=O) groups is 1. The molecule has 1 saturated heterocycles. The second-order valence-corrected chi connectivity index (χ2v) is 9.66. The molecule has 0 aliphatic carbocycles. The molecule has 170 valence electrons. The largest absolute Gasteiger partial charge is 0.342 e. The minimum Gasteiger partial charge on any atom is -0.342 e. The van der Waals surface area contributed by atoms with Crippen molar-refractivity contribution in [3.8, 4) is 0 Å². The van der Waals surface area contributed by atoms with Crippen LogP contribution in [0.1, 0.15) is 36.1 Å². The molecular weight excluding hydrogens is 411 g/mol. The first-order valence-corrected chi connectivity index (χ1v) is 12.5. The Morgan fingerprint density at radius 1 is 1.29 bits per heavy atom. The molecule has 2 heterocycles. The van der Waals surface area contributed by atoms with E-state index in [1.807, 2.05) is 42.1 Å². The average molecular weight is 447 g/mol. The predicted octanol–water partition coefficient (Wildman–Crippen LogP) is 3.90. The lowest BCUT2D eigenvalue weighted by Gasteiger charge is -2.40. The fourth-order valence-electron chi connectivity index (χ4n) is 4.57. The normalized spacial score (nSPS) is 16.4. The summed E-state index contributed by atoms with van der Waals surface area (Å²) in [7, 11) is 3.91. The van der Waals surface area contributed by atoms with E-state index in [2.05, 4.69) is 23.1 Å². The van der Waals surface area contributed by atoms with Crippen LogP contribution in [0.3, 0.4) is 0 Å². The molecule has 0 saturated carbocycles. The quantitative estimate of drug-likeness (QED) is 0.586. The summed E-state index contributed by atoms with van der Waals surface area (Å²) in [5, 5.41) is 4.46. The number of aryl methyl sites for hydroxylation is 2. The minimum absolute atomic E-state index is 0.141. The molecule has 1 aromatic heterocycles. The van der Waals surface area contributed by atoms with Gasteiger partial charge in [0.25, 0.3) is 0 Å². The number of piperidine rings is 1. The van der Waals surface area contributed by atoms with Crippen LogP contribution >= 0.6 is 11.8 Å². The van der Waals surface area contributed by atoms with Crippen molar-refractivity contribution in [1.82, 2.24) is 19.6 Å². The number of carbonyl (C=O) groups excluding carboxylic acids is 1. The van der Waals surface area contributed by atoms with Gasteiger partial charge in [-0.15, -0.1) is 0 Å². The third-order valence-corrected chi connectivity index (χ3v) is 7.07. The van der Waals surface area contributed by atoms with Crippen LogP contribution in [0.2, 0.25) is 0 Å². The van der Waals surface area contributed by atoms with E-state index in [0.717, 1.165) is 55.9 Å². The van der Waals surface area contributed by atoms with Crippen molar-refractivity contribution >= 4 is 17.7 Å². The summed E-state index contributed by atoms with van der Waals surface area (Å²) in [5.41, 5.74) is 3.47. The highest BCUT2D eigenvalue weighted by atomic mass is 32.2. The van der Waals surface area contributed by atoms with Crippen LogP contribution < -0.4 is 0 Å². The summed E-state index contributed by atoms with van der Waals surface area (Å²) in [5.74, 6) is 1.27. The molecule has 2 aromatic rings. The van der Waals surface area contributed by atoms with Crippen LogP contribution in [-0.4, -0.2) is 63.7 Å². The molecule has 5 nitrogen and oxygen atoms in total. The summed E-state index contributed by atoms with van der Waals surface area (Å²) >= 11 is 1.70. The zero-order valence-electron chi connectivity index (χ0n) is 19.2. The molecule has 31 heavy (non-hydrogen) atoms. The van der Waals surface area contributed by atoms with Gasteiger partial charge in [0.2, 0.25) is 5.91 Å². The first-order valence-electron chi connectivity index (χ1n) is 11.1. The summed E-state index contributed by atoms with van der Waals surface area (Å²) in [6, 6.07) is 6.87. The van der Waals surface area contributed by atoms with Gasteiger partial charge in [-0.3, -0.25) is 14.4 Å². The number of benzene rings is 1. The van der Waals surface area contributed by atoms with E-state index in [9.17, 15) is 9.18 Å². The fraction of sp³-hybridized carbons (Fsp3) is 0.583. The highest BCUT2D eigenvalue weighted by Gasteiger charge is 2.31. The van der Waals surface area contributed by atoms with Crippen LogP contribution in [-0.2, 0) is 24.8 Å². The number of nitrogens with zero attached hydrogens (tertiary/aromatic N) is 4. The Morgan fingerprint density at radius 2 is 1.97 bits per heavy atom. The second-order valence-electron chi connectivity index (χ2n) is 8.67. The third-order valence-electron chi connectivity index (χ3n) is 6.45. The van der Waals surface area contributed by atoms with Crippen molar-refractivity contribution in [3.05, 3.63) is 53.1 Å². The maximum Gasteiger partial charge on any atom is 0.223 e. The highest BCUT2D eigenvalue weighted by molar-refractivity contribution is 7.98. The van der Waals surface area contributed by atoms with Crippen molar-refractivity contribution in [2.75, 3.05) is 32.1 Å². The molecular formula is C24H35FN4OS. The molecule has 1 aliphatic heterocycles. The van der Waals surface area contributed by atoms with Crippen molar-refractivity contribution in [2.45, 2.75) is 45.2 Å². The van der Waals surface area contributed by atoms with E-state index in [1.54, 1.807) is 11.8 Å². The van der Waals surface area contributed by atoms with E-state index >= 15 is 0 Å². The topological polar surface area (TPSA) is 41.4 Å². The minimum atomic E-state index is -0.219. The first kappa shape index (κ1) is 23.8. The fourth-order valence-corrected chi connectivity index (χ4v) is 4.95. The van der Waals surface area contributed by atoms with Gasteiger partial charge in [-0.2, -0.15) is 16.9 Å². The number of halogens is 1. The predicted molar refractivity (Wildman–Crippen MR) is 126 cm³/mol. The van der Waals surface area contributed by atoms with Crippen LogP contribution in [0, 0.1) is 18.7 Å². The van der Waals surface area contributed by atoms with E-state index in [-0.39, 0.29) is 17.8 Å². The van der Waals surface area contributed by atoms with Gasteiger partial charge in [-0.25, -0.2) is 4.39 Å². The Balaban J connectivity index is 1.66. The standard InChI is InChI=1S/C24H35FN4OS/c1-18-21(16-27(2)26-18)17-29-12-9-20(10-13-29)23(28(3)24(30)11-14-31-4)15-19-5-7-22(25)8-6-19/h5-8,16,20,23H,9-15,17H2,1-4H3. The van der Waals surface area contributed by atoms with Gasteiger partial charge in [-0.05, 0) is 69.1 Å². The molecule has 0 spiro atoms. The van der Waals surface area contributed by atoms with Crippen LogP contribution in [0.15, 0.2) is 30.5 Å². The van der Waals surface area contributed by atoms with Gasteiger partial charge in [0, 0.05) is 50.6 Å². The van der Waals surface area contributed by atoms with E-state index in [4.69, 9.17) is 0 Å². The summed E-state index contributed by atoms with van der Waals surface area (Å²) in [6.45, 7) is 5.03. The molecule has 1 aliphatic rings. The number of rotatable bonds is 9. The highest BCUT2D eigenvalue weighted by Crippen LogP contribution is 2.28. The van der Waals surface area contributed by atoms with Crippen LogP contribution in [0.4, 0.5) is 4.39 Å². The number of likely N-dealkylation sites (N-methyl/N-ethyl adjacent to an activating group) is 1. The molecule has 1 aromatic carbocycles. The number of hydrogen-bond acceptors (Lipinski definition) is 4. The number of aromatic nitrogens is 2. The molecule has 3 rings (SSSR count). The summed E-state index contributed by atoms with van der Waals surface area (Å²) in [6.07, 6.45) is 7.60. The summed E-state index contributed by atoms with van der Waals surface area (Å²) < 4.78 is 15.3. The molecule has 7 heteroatoms. The van der Waals surface area contributed by atoms with Crippen LogP contribution in [0.5, 0.6) is 0 Å². The molecule has 1 amide bonds. The van der Waals surface area contributed by atoms with E-state index < -0.39 is 0 Å². The molecule has 0 radical (unpaired) electrons. The SMILES string of the molecule is CSCCC(=O)N(C)C(Cc1ccc(F)cc1)C1CCN(Cc2cn(C)nc2C)CC1. The van der Waals surface area contributed by atoms with Gasteiger partial charge < -0.3 is 4.90 Å². The maximum atomic E-state index is 13.4. The van der Waals surface area contributed by atoms with E-state index in [1.165, 1.54) is 17.7 Å². The maximum absolute atomic E-state index is 13.4. The Hall–Kier alpha value is -1.86. The molecule has 0 bridgehead atoms. The average Bonchev–Trinajstić information content (AvgIpc) is 3.08. The van der Waals surface area contributed by atoms with Crippen molar-refractivity contribution in [3.63, 3.8) is 0 Å². The zero-order valence-corrected chi connectivity index (χ0v) is 20.0. The molecule has 1 unspecified atom stereocenters. The zero-order chi connectivity index (χ0) is 22.4. The Kier molecular flexibility index (Phi) is 8.55. The van der Waals surface area contributed by atoms with Gasteiger partial charge >= 0.3 is 0 Å².